The number of hydrogen-bond donors (Lipinski definition) is 3. The molecule has 0 aliphatic heterocycles. The lowest BCUT2D eigenvalue weighted by molar-refractivity contribution is -0.136. The molecule has 3 aromatic carbocycles. The van der Waals surface area contributed by atoms with Gasteiger partial charge in [-0.05, 0) is 62.1 Å². The molecular weight excluding hydrogens is 449 g/mol. The molecule has 0 atom stereocenters. The Morgan fingerprint density at radius 2 is 1.77 bits per heavy atom. The van der Waals surface area contributed by atoms with Gasteiger partial charge in [-0.2, -0.15) is 0 Å². The average Bonchev–Trinajstić information content (AvgIpc) is 3.13. The van der Waals surface area contributed by atoms with Crippen molar-refractivity contribution in [3.8, 4) is 11.6 Å². The Morgan fingerprint density at radius 3 is 2.43 bits per heavy atom. The number of nitrogens with zero attached hydrogens (tertiary/aromatic N) is 2. The molecule has 3 N–H and O–H groups in total. The van der Waals surface area contributed by atoms with Crippen molar-refractivity contribution in [1.82, 2.24) is 9.88 Å². The van der Waals surface area contributed by atoms with Crippen LogP contribution in [0.1, 0.15) is 16.7 Å². The summed E-state index contributed by atoms with van der Waals surface area (Å²) in [6.45, 7) is 1.35. The molecule has 0 saturated heterocycles. The Labute approximate surface area is 202 Å². The number of likely N-dealkylation sites (N-methyl/N-ethyl adjacent to an activating group) is 1. The standard InChI is InChI=1S/C27H26FN3O4/c1-31(2)13-14-35-21-10-8-20(9-11-21)29-26(18-5-3-17(4-6-18)15-24(32)33)25-22-12-7-19(28)16-23(22)30-27(25)34/h3-12,16,30,34H,13-15H2,1-2H3,(H,32,33). The number of hydrogen-bond acceptors (Lipinski definition) is 5. The maximum absolute atomic E-state index is 13.8. The second-order valence-electron chi connectivity index (χ2n) is 8.41. The van der Waals surface area contributed by atoms with Crippen LogP contribution in [0.3, 0.4) is 0 Å². The maximum Gasteiger partial charge on any atom is 0.307 e. The van der Waals surface area contributed by atoms with Crippen LogP contribution in [0.2, 0.25) is 0 Å². The van der Waals surface area contributed by atoms with Crippen LogP contribution in [0.5, 0.6) is 11.6 Å². The van der Waals surface area contributed by atoms with E-state index in [9.17, 15) is 14.3 Å². The van der Waals surface area contributed by atoms with Crippen LogP contribution in [-0.2, 0) is 11.2 Å². The van der Waals surface area contributed by atoms with E-state index >= 15 is 0 Å². The number of rotatable bonds is 9. The zero-order valence-corrected chi connectivity index (χ0v) is 19.5. The first-order valence-electron chi connectivity index (χ1n) is 11.1. The Kier molecular flexibility index (Phi) is 7.12. The highest BCUT2D eigenvalue weighted by Gasteiger charge is 2.19. The van der Waals surface area contributed by atoms with Crippen molar-refractivity contribution in [2.45, 2.75) is 6.42 Å². The fraction of sp³-hybridized carbons (Fsp3) is 0.185. The van der Waals surface area contributed by atoms with Gasteiger partial charge in [-0.3, -0.25) is 4.79 Å². The third-order valence-electron chi connectivity index (χ3n) is 5.45. The van der Waals surface area contributed by atoms with E-state index in [1.807, 2.05) is 43.3 Å². The molecular formula is C27H26FN3O4. The molecule has 0 bridgehead atoms. The van der Waals surface area contributed by atoms with Crippen molar-refractivity contribution in [3.05, 3.63) is 89.2 Å². The number of halogens is 1. The second kappa shape index (κ2) is 10.4. The van der Waals surface area contributed by atoms with Gasteiger partial charge in [0.15, 0.2) is 5.88 Å². The number of aliphatic imine (C=N–C) groups is 1. The van der Waals surface area contributed by atoms with E-state index in [-0.39, 0.29) is 12.3 Å². The topological polar surface area (TPSA) is 98.2 Å². The van der Waals surface area contributed by atoms with E-state index in [0.29, 0.717) is 45.6 Å². The van der Waals surface area contributed by atoms with Crippen molar-refractivity contribution in [1.29, 1.82) is 0 Å². The van der Waals surface area contributed by atoms with Crippen LogP contribution in [0.4, 0.5) is 10.1 Å². The number of aromatic amines is 1. The predicted molar refractivity (Wildman–Crippen MR) is 133 cm³/mol. The number of aromatic nitrogens is 1. The largest absolute Gasteiger partial charge is 0.494 e. The molecule has 1 aromatic heterocycles. The lowest BCUT2D eigenvalue weighted by Gasteiger charge is -2.11. The third-order valence-corrected chi connectivity index (χ3v) is 5.45. The van der Waals surface area contributed by atoms with Gasteiger partial charge in [-0.15, -0.1) is 0 Å². The molecule has 4 rings (SSSR count). The predicted octanol–water partition coefficient (Wildman–Crippen LogP) is 4.75. The first-order chi connectivity index (χ1) is 16.8. The highest BCUT2D eigenvalue weighted by atomic mass is 19.1. The monoisotopic (exact) mass is 475 g/mol. The third kappa shape index (κ3) is 5.85. The van der Waals surface area contributed by atoms with E-state index in [1.165, 1.54) is 12.1 Å². The van der Waals surface area contributed by atoms with Crippen molar-refractivity contribution in [3.63, 3.8) is 0 Å². The number of H-pyrrole nitrogens is 1. The zero-order chi connectivity index (χ0) is 24.9. The normalized spacial score (nSPS) is 11.8. The zero-order valence-electron chi connectivity index (χ0n) is 19.5. The molecule has 4 aromatic rings. The first-order valence-corrected chi connectivity index (χ1v) is 11.1. The summed E-state index contributed by atoms with van der Waals surface area (Å²) in [5.74, 6) is -0.763. The molecule has 0 unspecified atom stereocenters. The smallest absolute Gasteiger partial charge is 0.307 e. The van der Waals surface area contributed by atoms with Gasteiger partial charge in [0.2, 0.25) is 0 Å². The van der Waals surface area contributed by atoms with E-state index in [1.54, 1.807) is 30.3 Å². The summed E-state index contributed by atoms with van der Waals surface area (Å²) in [5.41, 5.74) is 3.28. The molecule has 0 radical (unpaired) electrons. The molecule has 0 aliphatic rings. The van der Waals surface area contributed by atoms with Gasteiger partial charge < -0.3 is 24.8 Å². The molecule has 0 spiro atoms. The number of fused-ring (bicyclic) bond motifs is 1. The maximum atomic E-state index is 13.8. The molecule has 7 nitrogen and oxygen atoms in total. The fourth-order valence-corrected chi connectivity index (χ4v) is 3.71. The highest BCUT2D eigenvalue weighted by molar-refractivity contribution is 6.21. The summed E-state index contributed by atoms with van der Waals surface area (Å²) in [4.78, 5) is 20.7. The van der Waals surface area contributed by atoms with Crippen LogP contribution in [0, 0.1) is 5.82 Å². The number of ether oxygens (including phenoxy) is 1. The number of aliphatic carboxylic acids is 1. The summed E-state index contributed by atoms with van der Waals surface area (Å²) < 4.78 is 19.5. The van der Waals surface area contributed by atoms with Crippen LogP contribution >= 0.6 is 0 Å². The van der Waals surface area contributed by atoms with Crippen molar-refractivity contribution < 1.29 is 24.1 Å². The molecule has 35 heavy (non-hydrogen) atoms. The lowest BCUT2D eigenvalue weighted by Crippen LogP contribution is -2.19. The minimum atomic E-state index is -0.921. The Balaban J connectivity index is 1.75. The number of benzene rings is 3. The summed E-state index contributed by atoms with van der Waals surface area (Å²) in [6, 6.07) is 18.5. The Bertz CT molecular complexity index is 1360. The fourth-order valence-electron chi connectivity index (χ4n) is 3.71. The Morgan fingerprint density at radius 1 is 1.06 bits per heavy atom. The summed E-state index contributed by atoms with van der Waals surface area (Å²) >= 11 is 0. The summed E-state index contributed by atoms with van der Waals surface area (Å²) in [5, 5.41) is 20.4. The van der Waals surface area contributed by atoms with Crippen LogP contribution in [0.25, 0.3) is 10.9 Å². The SMILES string of the molecule is CN(C)CCOc1ccc(N=C(c2ccc(CC(=O)O)cc2)c2c(O)[nH]c3cc(F)ccc23)cc1. The van der Waals surface area contributed by atoms with Crippen LogP contribution < -0.4 is 4.74 Å². The minimum Gasteiger partial charge on any atom is -0.494 e. The quantitative estimate of drug-likeness (QED) is 0.304. The van der Waals surface area contributed by atoms with Crippen molar-refractivity contribution in [2.24, 2.45) is 4.99 Å². The number of nitrogens with one attached hydrogen (secondary N) is 1. The Hall–Kier alpha value is -4.17. The number of carbonyl (C=O) groups is 1. The van der Waals surface area contributed by atoms with Gasteiger partial charge in [0.1, 0.15) is 18.2 Å². The summed E-state index contributed by atoms with van der Waals surface area (Å²) in [7, 11) is 3.96. The number of carboxylic acids is 1. The van der Waals surface area contributed by atoms with Gasteiger partial charge in [0.25, 0.3) is 0 Å². The average molecular weight is 476 g/mol. The molecule has 0 saturated carbocycles. The number of carboxylic acid groups (broad SMARTS) is 1. The van der Waals surface area contributed by atoms with E-state index in [0.717, 1.165) is 12.3 Å². The van der Waals surface area contributed by atoms with Gasteiger partial charge in [0.05, 0.1) is 28.9 Å². The van der Waals surface area contributed by atoms with Crippen molar-refractivity contribution in [2.75, 3.05) is 27.2 Å². The molecule has 1 heterocycles. The van der Waals surface area contributed by atoms with Crippen LogP contribution in [-0.4, -0.2) is 59.0 Å². The molecule has 8 heteroatoms. The highest BCUT2D eigenvalue weighted by Crippen LogP contribution is 2.32. The number of aromatic hydroxyl groups is 1. The van der Waals surface area contributed by atoms with Crippen molar-refractivity contribution >= 4 is 28.3 Å². The minimum absolute atomic E-state index is 0.0976. The summed E-state index contributed by atoms with van der Waals surface area (Å²) in [6.07, 6.45) is -0.0976. The van der Waals surface area contributed by atoms with Gasteiger partial charge in [0, 0.05) is 17.5 Å². The van der Waals surface area contributed by atoms with E-state index in [2.05, 4.69) is 4.98 Å². The lowest BCUT2D eigenvalue weighted by atomic mass is 9.99. The second-order valence-corrected chi connectivity index (χ2v) is 8.41. The van der Waals surface area contributed by atoms with Gasteiger partial charge >= 0.3 is 5.97 Å². The first kappa shape index (κ1) is 24.0. The molecule has 0 fully saturated rings. The molecule has 180 valence electrons. The molecule has 0 aliphatic carbocycles. The van der Waals surface area contributed by atoms with Crippen LogP contribution in [0.15, 0.2) is 71.7 Å². The van der Waals surface area contributed by atoms with E-state index in [4.69, 9.17) is 14.8 Å². The van der Waals surface area contributed by atoms with Gasteiger partial charge in [-0.25, -0.2) is 9.38 Å². The van der Waals surface area contributed by atoms with E-state index < -0.39 is 11.8 Å². The molecule has 0 amide bonds. The van der Waals surface area contributed by atoms with Gasteiger partial charge in [-0.1, -0.05) is 24.3 Å².